The Balaban J connectivity index is 1.97. The SMILES string of the molecule is COC(=O)c1ccc(C(N)CN2CCCC2)cc1. The zero-order chi connectivity index (χ0) is 13.0. The summed E-state index contributed by atoms with van der Waals surface area (Å²) in [5.74, 6) is -0.310. The first kappa shape index (κ1) is 13.1. The van der Waals surface area contributed by atoms with Crippen molar-refractivity contribution in [3.8, 4) is 0 Å². The van der Waals surface area contributed by atoms with Crippen LogP contribution in [0.2, 0.25) is 0 Å². The summed E-state index contributed by atoms with van der Waals surface area (Å²) in [6, 6.07) is 7.37. The molecule has 2 rings (SSSR count). The van der Waals surface area contributed by atoms with E-state index >= 15 is 0 Å². The standard InChI is InChI=1S/C14H20N2O2/c1-18-14(17)12-6-4-11(5-7-12)13(15)10-16-8-2-3-9-16/h4-7,13H,2-3,8-10,15H2,1H3. The zero-order valence-corrected chi connectivity index (χ0v) is 10.8. The number of likely N-dealkylation sites (tertiary alicyclic amines) is 1. The minimum Gasteiger partial charge on any atom is -0.465 e. The number of rotatable bonds is 4. The van der Waals surface area contributed by atoms with Crippen LogP contribution in [0.4, 0.5) is 0 Å². The third kappa shape index (κ3) is 3.09. The van der Waals surface area contributed by atoms with Crippen molar-refractivity contribution in [2.75, 3.05) is 26.7 Å². The molecule has 1 heterocycles. The molecule has 1 unspecified atom stereocenters. The number of carbonyl (C=O) groups is 1. The van der Waals surface area contributed by atoms with Crippen LogP contribution < -0.4 is 5.73 Å². The van der Waals surface area contributed by atoms with Gasteiger partial charge in [0.2, 0.25) is 0 Å². The van der Waals surface area contributed by atoms with Gasteiger partial charge in [-0.15, -0.1) is 0 Å². The molecule has 4 heteroatoms. The second-order valence-corrected chi connectivity index (χ2v) is 4.73. The summed E-state index contributed by atoms with van der Waals surface area (Å²) in [6.45, 7) is 3.18. The maximum absolute atomic E-state index is 11.3. The van der Waals surface area contributed by atoms with Crippen molar-refractivity contribution < 1.29 is 9.53 Å². The van der Waals surface area contributed by atoms with Gasteiger partial charge in [-0.1, -0.05) is 12.1 Å². The first-order chi connectivity index (χ1) is 8.70. The molecule has 1 aromatic rings. The Kier molecular flexibility index (Phi) is 4.33. The molecular weight excluding hydrogens is 228 g/mol. The molecule has 1 aromatic carbocycles. The van der Waals surface area contributed by atoms with Crippen molar-refractivity contribution in [1.82, 2.24) is 4.90 Å². The van der Waals surface area contributed by atoms with Crippen molar-refractivity contribution >= 4 is 5.97 Å². The van der Waals surface area contributed by atoms with E-state index in [2.05, 4.69) is 9.64 Å². The fourth-order valence-electron chi connectivity index (χ4n) is 2.33. The predicted molar refractivity (Wildman–Crippen MR) is 70.4 cm³/mol. The number of benzene rings is 1. The lowest BCUT2D eigenvalue weighted by molar-refractivity contribution is 0.0600. The normalized spacial score (nSPS) is 17.7. The predicted octanol–water partition coefficient (Wildman–Crippen LogP) is 1.57. The fourth-order valence-corrected chi connectivity index (χ4v) is 2.33. The van der Waals surface area contributed by atoms with Gasteiger partial charge < -0.3 is 15.4 Å². The van der Waals surface area contributed by atoms with Gasteiger partial charge in [-0.25, -0.2) is 4.79 Å². The van der Waals surface area contributed by atoms with Gasteiger partial charge in [0.1, 0.15) is 0 Å². The average molecular weight is 248 g/mol. The van der Waals surface area contributed by atoms with Crippen LogP contribution in [0.25, 0.3) is 0 Å². The van der Waals surface area contributed by atoms with E-state index in [1.807, 2.05) is 12.1 Å². The summed E-state index contributed by atoms with van der Waals surface area (Å²) in [5.41, 5.74) is 7.80. The van der Waals surface area contributed by atoms with Crippen molar-refractivity contribution in [2.45, 2.75) is 18.9 Å². The Morgan fingerprint density at radius 2 is 1.94 bits per heavy atom. The molecule has 18 heavy (non-hydrogen) atoms. The lowest BCUT2D eigenvalue weighted by Crippen LogP contribution is -2.29. The lowest BCUT2D eigenvalue weighted by Gasteiger charge is -2.20. The zero-order valence-electron chi connectivity index (χ0n) is 10.8. The topological polar surface area (TPSA) is 55.6 Å². The van der Waals surface area contributed by atoms with Crippen LogP contribution in [0, 0.1) is 0 Å². The summed E-state index contributed by atoms with van der Waals surface area (Å²) in [4.78, 5) is 13.7. The van der Waals surface area contributed by atoms with Crippen molar-refractivity contribution in [3.63, 3.8) is 0 Å². The van der Waals surface area contributed by atoms with Gasteiger partial charge in [-0.05, 0) is 43.6 Å². The van der Waals surface area contributed by atoms with E-state index in [4.69, 9.17) is 5.73 Å². The van der Waals surface area contributed by atoms with E-state index in [0.29, 0.717) is 5.56 Å². The largest absolute Gasteiger partial charge is 0.465 e. The highest BCUT2D eigenvalue weighted by Gasteiger charge is 2.16. The molecule has 0 saturated carbocycles. The molecule has 2 N–H and O–H groups in total. The third-order valence-corrected chi connectivity index (χ3v) is 3.41. The molecule has 1 aliphatic rings. The molecule has 1 fully saturated rings. The van der Waals surface area contributed by atoms with E-state index in [9.17, 15) is 4.79 Å². The van der Waals surface area contributed by atoms with Crippen LogP contribution in [-0.2, 0) is 4.74 Å². The maximum atomic E-state index is 11.3. The highest BCUT2D eigenvalue weighted by Crippen LogP contribution is 2.16. The molecule has 0 bridgehead atoms. The maximum Gasteiger partial charge on any atom is 0.337 e. The van der Waals surface area contributed by atoms with E-state index in [-0.39, 0.29) is 12.0 Å². The van der Waals surface area contributed by atoms with Crippen LogP contribution >= 0.6 is 0 Å². The van der Waals surface area contributed by atoms with Gasteiger partial charge in [0.15, 0.2) is 0 Å². The first-order valence-corrected chi connectivity index (χ1v) is 6.37. The summed E-state index contributed by atoms with van der Waals surface area (Å²) in [5, 5.41) is 0. The van der Waals surface area contributed by atoms with Gasteiger partial charge in [-0.2, -0.15) is 0 Å². The highest BCUT2D eigenvalue weighted by molar-refractivity contribution is 5.89. The molecule has 1 saturated heterocycles. The summed E-state index contributed by atoms with van der Waals surface area (Å²) in [7, 11) is 1.38. The highest BCUT2D eigenvalue weighted by atomic mass is 16.5. The number of nitrogens with zero attached hydrogens (tertiary/aromatic N) is 1. The smallest absolute Gasteiger partial charge is 0.337 e. The van der Waals surface area contributed by atoms with E-state index in [1.54, 1.807) is 12.1 Å². The number of methoxy groups -OCH3 is 1. The Labute approximate surface area is 108 Å². The number of hydrogen-bond acceptors (Lipinski definition) is 4. The minimum absolute atomic E-state index is 0.00907. The monoisotopic (exact) mass is 248 g/mol. The van der Waals surface area contributed by atoms with Gasteiger partial charge in [-0.3, -0.25) is 0 Å². The molecule has 1 aliphatic heterocycles. The number of esters is 1. The number of nitrogens with two attached hydrogens (primary N) is 1. The molecule has 98 valence electrons. The molecule has 4 nitrogen and oxygen atoms in total. The molecule has 0 aromatic heterocycles. The fraction of sp³-hybridized carbons (Fsp3) is 0.500. The summed E-state index contributed by atoms with van der Waals surface area (Å²) in [6.07, 6.45) is 2.54. The number of hydrogen-bond donors (Lipinski definition) is 1. The first-order valence-electron chi connectivity index (χ1n) is 6.37. The van der Waals surface area contributed by atoms with E-state index in [0.717, 1.165) is 25.2 Å². The molecule has 0 radical (unpaired) electrons. The van der Waals surface area contributed by atoms with Crippen molar-refractivity contribution in [2.24, 2.45) is 5.73 Å². The molecule has 0 spiro atoms. The van der Waals surface area contributed by atoms with Crippen LogP contribution in [0.5, 0.6) is 0 Å². The lowest BCUT2D eigenvalue weighted by atomic mass is 10.1. The van der Waals surface area contributed by atoms with Gasteiger partial charge >= 0.3 is 5.97 Å². The Bertz CT molecular complexity index is 397. The summed E-state index contributed by atoms with van der Waals surface area (Å²) < 4.78 is 4.67. The average Bonchev–Trinajstić information content (AvgIpc) is 2.91. The summed E-state index contributed by atoms with van der Waals surface area (Å²) >= 11 is 0. The van der Waals surface area contributed by atoms with Gasteiger partial charge in [0, 0.05) is 12.6 Å². The molecule has 0 aliphatic carbocycles. The molecule has 0 amide bonds. The third-order valence-electron chi connectivity index (χ3n) is 3.41. The Morgan fingerprint density at radius 3 is 2.50 bits per heavy atom. The minimum atomic E-state index is -0.310. The second kappa shape index (κ2) is 5.98. The van der Waals surface area contributed by atoms with Crippen molar-refractivity contribution in [1.29, 1.82) is 0 Å². The quantitative estimate of drug-likeness (QED) is 0.822. The second-order valence-electron chi connectivity index (χ2n) is 4.73. The Morgan fingerprint density at radius 1 is 1.33 bits per heavy atom. The molecule has 1 atom stereocenters. The number of carbonyl (C=O) groups excluding carboxylic acids is 1. The van der Waals surface area contributed by atoms with E-state index in [1.165, 1.54) is 20.0 Å². The number of ether oxygens (including phenoxy) is 1. The van der Waals surface area contributed by atoms with Crippen molar-refractivity contribution in [3.05, 3.63) is 35.4 Å². The molecular formula is C14H20N2O2. The van der Waals surface area contributed by atoms with Crippen LogP contribution in [-0.4, -0.2) is 37.6 Å². The van der Waals surface area contributed by atoms with E-state index < -0.39 is 0 Å². The van der Waals surface area contributed by atoms with Crippen LogP contribution in [0.3, 0.4) is 0 Å². The van der Waals surface area contributed by atoms with Crippen LogP contribution in [0.1, 0.15) is 34.8 Å². The Hall–Kier alpha value is -1.39. The van der Waals surface area contributed by atoms with Crippen LogP contribution in [0.15, 0.2) is 24.3 Å². The van der Waals surface area contributed by atoms with Gasteiger partial charge in [0.05, 0.1) is 12.7 Å². The van der Waals surface area contributed by atoms with Gasteiger partial charge in [0.25, 0.3) is 0 Å².